The molecule has 1 aliphatic carbocycles. The summed E-state index contributed by atoms with van der Waals surface area (Å²) in [5.41, 5.74) is 0. The van der Waals surface area contributed by atoms with Gasteiger partial charge in [0.2, 0.25) is 10.0 Å². The van der Waals surface area contributed by atoms with Crippen molar-refractivity contribution in [1.29, 1.82) is 0 Å². The second kappa shape index (κ2) is 5.69. The summed E-state index contributed by atoms with van der Waals surface area (Å²) in [6.45, 7) is 5.08. The Labute approximate surface area is 113 Å². The molecule has 1 aliphatic rings. The van der Waals surface area contributed by atoms with Crippen molar-refractivity contribution in [2.45, 2.75) is 49.4 Å². The third-order valence-corrected chi connectivity index (χ3v) is 5.88. The third-order valence-electron chi connectivity index (χ3n) is 2.73. The zero-order valence-electron chi connectivity index (χ0n) is 10.8. The molecule has 1 aromatic heterocycles. The van der Waals surface area contributed by atoms with Gasteiger partial charge >= 0.3 is 0 Å². The maximum Gasteiger partial charge on any atom is 0.250 e. The van der Waals surface area contributed by atoms with Gasteiger partial charge in [0.05, 0.1) is 0 Å². The van der Waals surface area contributed by atoms with Gasteiger partial charge in [-0.25, -0.2) is 13.1 Å². The van der Waals surface area contributed by atoms with Crippen LogP contribution in [0.1, 0.15) is 31.6 Å². The first kappa shape index (κ1) is 14.0. The fourth-order valence-corrected chi connectivity index (χ4v) is 4.28. The van der Waals surface area contributed by atoms with Gasteiger partial charge in [-0.3, -0.25) is 0 Å². The van der Waals surface area contributed by atoms with E-state index in [9.17, 15) is 8.42 Å². The Morgan fingerprint density at radius 3 is 2.72 bits per heavy atom. The lowest BCUT2D eigenvalue weighted by molar-refractivity contribution is 0.583. The lowest BCUT2D eigenvalue weighted by atomic mass is 10.3. The Morgan fingerprint density at radius 1 is 1.39 bits per heavy atom. The van der Waals surface area contributed by atoms with Gasteiger partial charge < -0.3 is 5.32 Å². The van der Waals surface area contributed by atoms with Gasteiger partial charge in [0.15, 0.2) is 0 Å². The molecular weight excluding hydrogens is 268 g/mol. The molecular formula is C12H20N2O2S2. The van der Waals surface area contributed by atoms with Crippen molar-refractivity contribution in [3.05, 3.63) is 17.0 Å². The maximum atomic E-state index is 12.0. The van der Waals surface area contributed by atoms with Gasteiger partial charge in [-0.2, -0.15) is 0 Å². The molecule has 0 atom stereocenters. The van der Waals surface area contributed by atoms with Crippen LogP contribution in [-0.2, 0) is 16.4 Å². The Balaban J connectivity index is 1.92. The number of nitrogens with one attached hydrogen (secondary N) is 2. The van der Waals surface area contributed by atoms with E-state index in [0.717, 1.165) is 30.7 Å². The van der Waals surface area contributed by atoms with Crippen LogP contribution in [0.5, 0.6) is 0 Å². The Kier molecular flexibility index (Phi) is 4.42. The molecule has 6 heteroatoms. The summed E-state index contributed by atoms with van der Waals surface area (Å²) in [7, 11) is -3.27. The Bertz CT molecular complexity index is 490. The number of rotatable bonds is 7. The predicted octanol–water partition coefficient (Wildman–Crippen LogP) is 1.73. The lowest BCUT2D eigenvalue weighted by Crippen LogP contribution is -2.25. The van der Waals surface area contributed by atoms with E-state index in [1.54, 1.807) is 6.07 Å². The van der Waals surface area contributed by atoms with E-state index in [0.29, 0.717) is 10.3 Å². The summed E-state index contributed by atoms with van der Waals surface area (Å²) in [4.78, 5) is 1.11. The standard InChI is InChI=1S/C12H20N2O2S2/c1-9(2)13-8-7-11-5-6-12(17-11)18(15,16)14-10-3-4-10/h5-6,9-10,13-14H,3-4,7-8H2,1-2H3. The van der Waals surface area contributed by atoms with Crippen molar-refractivity contribution < 1.29 is 8.42 Å². The van der Waals surface area contributed by atoms with Crippen molar-refractivity contribution in [2.75, 3.05) is 6.54 Å². The molecule has 1 fully saturated rings. The molecule has 0 bridgehead atoms. The van der Waals surface area contributed by atoms with Crippen LogP contribution in [0.15, 0.2) is 16.3 Å². The Morgan fingerprint density at radius 2 is 2.11 bits per heavy atom. The molecule has 1 heterocycles. The van der Waals surface area contributed by atoms with Crippen LogP contribution < -0.4 is 10.0 Å². The molecule has 102 valence electrons. The van der Waals surface area contributed by atoms with Crippen LogP contribution in [0.25, 0.3) is 0 Å². The Hall–Kier alpha value is -0.430. The van der Waals surface area contributed by atoms with E-state index < -0.39 is 10.0 Å². The predicted molar refractivity (Wildman–Crippen MR) is 74.5 cm³/mol. The summed E-state index contributed by atoms with van der Waals surface area (Å²) in [6.07, 6.45) is 2.81. The van der Waals surface area contributed by atoms with Crippen molar-refractivity contribution in [1.82, 2.24) is 10.0 Å². The molecule has 1 saturated carbocycles. The number of sulfonamides is 1. The second-order valence-electron chi connectivity index (χ2n) is 4.98. The minimum absolute atomic E-state index is 0.170. The molecule has 0 spiro atoms. The van der Waals surface area contributed by atoms with Crippen molar-refractivity contribution in [2.24, 2.45) is 0 Å². The normalized spacial score (nSPS) is 16.4. The number of thiophene rings is 1. The monoisotopic (exact) mass is 288 g/mol. The highest BCUT2D eigenvalue weighted by Crippen LogP contribution is 2.26. The molecule has 2 rings (SSSR count). The molecule has 0 aromatic carbocycles. The van der Waals surface area contributed by atoms with Gasteiger partial charge in [0.1, 0.15) is 4.21 Å². The lowest BCUT2D eigenvalue weighted by Gasteiger charge is -2.06. The SMILES string of the molecule is CC(C)NCCc1ccc(S(=O)(=O)NC2CC2)s1. The quantitative estimate of drug-likeness (QED) is 0.803. The number of hydrogen-bond acceptors (Lipinski definition) is 4. The molecule has 0 saturated heterocycles. The van der Waals surface area contributed by atoms with Crippen LogP contribution in [0.2, 0.25) is 0 Å². The van der Waals surface area contributed by atoms with E-state index in [1.807, 2.05) is 6.07 Å². The van der Waals surface area contributed by atoms with Gasteiger partial charge in [0, 0.05) is 23.5 Å². The summed E-state index contributed by atoms with van der Waals surface area (Å²) < 4.78 is 27.1. The van der Waals surface area contributed by atoms with Crippen molar-refractivity contribution in [3.63, 3.8) is 0 Å². The van der Waals surface area contributed by atoms with Gasteiger partial charge in [0.25, 0.3) is 0 Å². The fourth-order valence-electron chi connectivity index (χ4n) is 1.60. The fraction of sp³-hybridized carbons (Fsp3) is 0.667. The molecule has 1 aromatic rings. The minimum atomic E-state index is -3.27. The molecule has 2 N–H and O–H groups in total. The first-order chi connectivity index (χ1) is 8.47. The molecule has 0 radical (unpaired) electrons. The van der Waals surface area contributed by atoms with Crippen molar-refractivity contribution in [3.8, 4) is 0 Å². The van der Waals surface area contributed by atoms with Crippen LogP contribution >= 0.6 is 11.3 Å². The van der Waals surface area contributed by atoms with Crippen LogP contribution in [0.3, 0.4) is 0 Å². The van der Waals surface area contributed by atoms with Crippen molar-refractivity contribution >= 4 is 21.4 Å². The summed E-state index contributed by atoms with van der Waals surface area (Å²) in [5.74, 6) is 0. The minimum Gasteiger partial charge on any atom is -0.314 e. The molecule has 0 aliphatic heterocycles. The van der Waals surface area contributed by atoms with E-state index in [1.165, 1.54) is 11.3 Å². The summed E-state index contributed by atoms with van der Waals surface area (Å²) in [5, 5.41) is 3.33. The molecule has 18 heavy (non-hydrogen) atoms. The number of hydrogen-bond donors (Lipinski definition) is 2. The largest absolute Gasteiger partial charge is 0.314 e. The molecule has 0 amide bonds. The third kappa shape index (κ3) is 4.05. The van der Waals surface area contributed by atoms with E-state index >= 15 is 0 Å². The zero-order valence-corrected chi connectivity index (χ0v) is 12.4. The van der Waals surface area contributed by atoms with E-state index in [2.05, 4.69) is 23.9 Å². The zero-order chi connectivity index (χ0) is 13.2. The topological polar surface area (TPSA) is 58.2 Å². The van der Waals surface area contributed by atoms with Gasteiger partial charge in [-0.05, 0) is 31.4 Å². The highest BCUT2D eigenvalue weighted by Gasteiger charge is 2.28. The first-order valence-corrected chi connectivity index (χ1v) is 8.62. The summed E-state index contributed by atoms with van der Waals surface area (Å²) >= 11 is 1.37. The highest BCUT2D eigenvalue weighted by molar-refractivity contribution is 7.91. The maximum absolute atomic E-state index is 12.0. The van der Waals surface area contributed by atoms with Gasteiger partial charge in [-0.1, -0.05) is 13.8 Å². The van der Waals surface area contributed by atoms with Crippen LogP contribution in [0, 0.1) is 0 Å². The van der Waals surface area contributed by atoms with E-state index in [4.69, 9.17) is 0 Å². The average molecular weight is 288 g/mol. The van der Waals surface area contributed by atoms with Gasteiger partial charge in [-0.15, -0.1) is 11.3 Å². The summed E-state index contributed by atoms with van der Waals surface area (Å²) in [6, 6.07) is 4.25. The van der Waals surface area contributed by atoms with Crippen LogP contribution in [-0.4, -0.2) is 27.0 Å². The average Bonchev–Trinajstić information content (AvgIpc) is 2.93. The van der Waals surface area contributed by atoms with Crippen LogP contribution in [0.4, 0.5) is 0 Å². The highest BCUT2D eigenvalue weighted by atomic mass is 32.2. The molecule has 4 nitrogen and oxygen atoms in total. The smallest absolute Gasteiger partial charge is 0.250 e. The van der Waals surface area contributed by atoms with E-state index in [-0.39, 0.29) is 6.04 Å². The first-order valence-electron chi connectivity index (χ1n) is 6.32. The second-order valence-corrected chi connectivity index (χ2v) is 8.08. The molecule has 0 unspecified atom stereocenters.